The minimum absolute atomic E-state index is 0.147. The summed E-state index contributed by atoms with van der Waals surface area (Å²) in [5.41, 5.74) is -0.187. The smallest absolute Gasteiger partial charge is 0.337 e. The summed E-state index contributed by atoms with van der Waals surface area (Å²) >= 11 is 0. The number of rotatable bonds is 5. The van der Waals surface area contributed by atoms with E-state index in [9.17, 15) is 13.2 Å². The van der Waals surface area contributed by atoms with Crippen LogP contribution in [0.4, 0.5) is 0 Å². The van der Waals surface area contributed by atoms with E-state index < -0.39 is 16.0 Å². The largest absolute Gasteiger partial charge is 0.478 e. The number of hydrogen-bond donors (Lipinski definition) is 1. The molecule has 2 rings (SSSR count). The average molecular weight is 312 g/mol. The van der Waals surface area contributed by atoms with Crippen LogP contribution in [0, 0.1) is 5.92 Å². The van der Waals surface area contributed by atoms with E-state index >= 15 is 0 Å². The standard InChI is InChI=1S/C14H20N2O4S/c1-15-8-7-11(9-15)10-16(2)21(19,20)13-6-4-3-5-12(13)14(17)18/h3-6,11H,7-10H2,1-2H3,(H,17,18). The third-order valence-electron chi connectivity index (χ3n) is 3.81. The molecule has 0 aromatic heterocycles. The van der Waals surface area contributed by atoms with Crippen LogP contribution in [0.1, 0.15) is 16.8 Å². The molecule has 0 aliphatic carbocycles. The molecular weight excluding hydrogens is 292 g/mol. The second kappa shape index (κ2) is 6.13. The van der Waals surface area contributed by atoms with E-state index in [-0.39, 0.29) is 16.4 Å². The van der Waals surface area contributed by atoms with Crippen LogP contribution in [0.15, 0.2) is 29.2 Å². The maximum Gasteiger partial charge on any atom is 0.337 e. The van der Waals surface area contributed by atoms with Crippen molar-refractivity contribution in [3.8, 4) is 0 Å². The molecule has 6 nitrogen and oxygen atoms in total. The maximum atomic E-state index is 12.6. The lowest BCUT2D eigenvalue weighted by Crippen LogP contribution is -2.33. The molecule has 1 unspecified atom stereocenters. The quantitative estimate of drug-likeness (QED) is 0.876. The van der Waals surface area contributed by atoms with Crippen molar-refractivity contribution in [2.75, 3.05) is 33.7 Å². The monoisotopic (exact) mass is 312 g/mol. The Morgan fingerprint density at radius 1 is 1.43 bits per heavy atom. The molecule has 0 radical (unpaired) electrons. The highest BCUT2D eigenvalue weighted by Crippen LogP contribution is 2.22. The van der Waals surface area contributed by atoms with Gasteiger partial charge in [0.05, 0.1) is 10.5 Å². The molecule has 116 valence electrons. The zero-order valence-corrected chi connectivity index (χ0v) is 13.0. The van der Waals surface area contributed by atoms with Gasteiger partial charge in [0, 0.05) is 20.1 Å². The first-order valence-electron chi connectivity index (χ1n) is 6.79. The molecule has 1 saturated heterocycles. The lowest BCUT2D eigenvalue weighted by Gasteiger charge is -2.21. The Hall–Kier alpha value is -1.44. The van der Waals surface area contributed by atoms with Gasteiger partial charge in [0.1, 0.15) is 0 Å². The van der Waals surface area contributed by atoms with Crippen LogP contribution in [0.3, 0.4) is 0 Å². The Morgan fingerprint density at radius 3 is 2.67 bits per heavy atom. The Balaban J connectivity index is 2.23. The Bertz CT molecular complexity index is 630. The van der Waals surface area contributed by atoms with Gasteiger partial charge in [0.2, 0.25) is 10.0 Å². The van der Waals surface area contributed by atoms with Crippen molar-refractivity contribution in [3.05, 3.63) is 29.8 Å². The highest BCUT2D eigenvalue weighted by Gasteiger charge is 2.29. The molecule has 1 N–H and O–H groups in total. The van der Waals surface area contributed by atoms with Crippen LogP contribution >= 0.6 is 0 Å². The summed E-state index contributed by atoms with van der Waals surface area (Å²) in [5, 5.41) is 9.14. The first-order valence-corrected chi connectivity index (χ1v) is 8.23. The molecule has 0 spiro atoms. The van der Waals surface area contributed by atoms with Gasteiger partial charge in [-0.2, -0.15) is 0 Å². The molecule has 1 heterocycles. The molecule has 0 saturated carbocycles. The number of aromatic carboxylic acids is 1. The van der Waals surface area contributed by atoms with Gasteiger partial charge in [-0.1, -0.05) is 12.1 Å². The van der Waals surface area contributed by atoms with E-state index in [2.05, 4.69) is 4.90 Å². The van der Waals surface area contributed by atoms with Crippen molar-refractivity contribution in [1.82, 2.24) is 9.21 Å². The van der Waals surface area contributed by atoms with Gasteiger partial charge in [-0.25, -0.2) is 17.5 Å². The number of nitrogens with zero attached hydrogens (tertiary/aromatic N) is 2. The van der Waals surface area contributed by atoms with Gasteiger partial charge in [0.25, 0.3) is 0 Å². The summed E-state index contributed by atoms with van der Waals surface area (Å²) in [6.45, 7) is 2.23. The van der Waals surface area contributed by atoms with E-state index in [1.165, 1.54) is 35.6 Å². The predicted molar refractivity (Wildman–Crippen MR) is 78.8 cm³/mol. The summed E-state index contributed by atoms with van der Waals surface area (Å²) in [5.74, 6) is -0.949. The van der Waals surface area contributed by atoms with Crippen LogP contribution in [0.5, 0.6) is 0 Å². The minimum atomic E-state index is -3.79. The summed E-state index contributed by atoms with van der Waals surface area (Å²) in [4.78, 5) is 13.2. The molecule has 1 fully saturated rings. The van der Waals surface area contributed by atoms with Gasteiger partial charge in [-0.15, -0.1) is 0 Å². The highest BCUT2D eigenvalue weighted by atomic mass is 32.2. The molecule has 7 heteroatoms. The predicted octanol–water partition coefficient (Wildman–Crippen LogP) is 0.957. The number of benzene rings is 1. The van der Waals surface area contributed by atoms with Gasteiger partial charge < -0.3 is 10.0 Å². The van der Waals surface area contributed by atoms with Crippen molar-refractivity contribution < 1.29 is 18.3 Å². The number of carboxylic acids is 1. The van der Waals surface area contributed by atoms with Gasteiger partial charge in [-0.05, 0) is 38.1 Å². The molecule has 1 aromatic carbocycles. The third-order valence-corrected chi connectivity index (χ3v) is 5.69. The Morgan fingerprint density at radius 2 is 2.10 bits per heavy atom. The summed E-state index contributed by atoms with van der Waals surface area (Å²) in [6.07, 6.45) is 0.955. The number of carboxylic acid groups (broad SMARTS) is 1. The van der Waals surface area contributed by atoms with Crippen molar-refractivity contribution in [2.45, 2.75) is 11.3 Å². The Kier molecular flexibility index (Phi) is 4.65. The van der Waals surface area contributed by atoms with Gasteiger partial charge in [-0.3, -0.25) is 0 Å². The number of sulfonamides is 1. The fourth-order valence-electron chi connectivity index (χ4n) is 2.67. The van der Waals surface area contributed by atoms with E-state index in [4.69, 9.17) is 5.11 Å². The zero-order valence-electron chi connectivity index (χ0n) is 12.2. The number of hydrogen-bond acceptors (Lipinski definition) is 4. The molecule has 1 atom stereocenters. The number of carbonyl (C=O) groups is 1. The number of likely N-dealkylation sites (tertiary alicyclic amines) is 1. The molecule has 1 aliphatic heterocycles. The van der Waals surface area contributed by atoms with Crippen LogP contribution in [0.2, 0.25) is 0 Å². The first-order chi connectivity index (χ1) is 9.82. The van der Waals surface area contributed by atoms with Crippen LogP contribution < -0.4 is 0 Å². The average Bonchev–Trinajstić information content (AvgIpc) is 2.84. The summed E-state index contributed by atoms with van der Waals surface area (Å²) < 4.78 is 26.4. The Labute approximate surface area is 125 Å². The van der Waals surface area contributed by atoms with E-state index in [0.717, 1.165) is 19.5 Å². The maximum absolute atomic E-state index is 12.6. The van der Waals surface area contributed by atoms with Crippen molar-refractivity contribution >= 4 is 16.0 Å². The van der Waals surface area contributed by atoms with Crippen LogP contribution in [-0.2, 0) is 10.0 Å². The zero-order chi connectivity index (χ0) is 15.6. The van der Waals surface area contributed by atoms with E-state index in [1.807, 2.05) is 7.05 Å². The van der Waals surface area contributed by atoms with Crippen LogP contribution in [0.25, 0.3) is 0 Å². The lowest BCUT2D eigenvalue weighted by molar-refractivity contribution is 0.0692. The van der Waals surface area contributed by atoms with Crippen molar-refractivity contribution in [1.29, 1.82) is 0 Å². The molecule has 0 amide bonds. The highest BCUT2D eigenvalue weighted by molar-refractivity contribution is 7.89. The molecule has 0 bridgehead atoms. The van der Waals surface area contributed by atoms with Crippen LogP contribution in [-0.4, -0.2) is 62.4 Å². The third kappa shape index (κ3) is 3.42. The van der Waals surface area contributed by atoms with E-state index in [1.54, 1.807) is 0 Å². The second-order valence-corrected chi connectivity index (χ2v) is 7.52. The molecule has 1 aliphatic rings. The normalized spacial score (nSPS) is 20.0. The SMILES string of the molecule is CN1CCC(CN(C)S(=O)(=O)c2ccccc2C(=O)O)C1. The topological polar surface area (TPSA) is 77.9 Å². The van der Waals surface area contributed by atoms with Crippen molar-refractivity contribution in [2.24, 2.45) is 5.92 Å². The molecular formula is C14H20N2O4S. The van der Waals surface area contributed by atoms with Gasteiger partial charge >= 0.3 is 5.97 Å². The second-order valence-electron chi connectivity index (χ2n) is 5.50. The van der Waals surface area contributed by atoms with Crippen molar-refractivity contribution in [3.63, 3.8) is 0 Å². The van der Waals surface area contributed by atoms with Gasteiger partial charge in [0.15, 0.2) is 0 Å². The summed E-state index contributed by atoms with van der Waals surface area (Å²) in [7, 11) is -0.271. The fourth-order valence-corrected chi connectivity index (χ4v) is 4.10. The fraction of sp³-hybridized carbons (Fsp3) is 0.500. The van der Waals surface area contributed by atoms with E-state index in [0.29, 0.717) is 6.54 Å². The molecule has 1 aromatic rings. The minimum Gasteiger partial charge on any atom is -0.478 e. The first kappa shape index (κ1) is 15.9. The summed E-state index contributed by atoms with van der Waals surface area (Å²) in [6, 6.07) is 5.72. The lowest BCUT2D eigenvalue weighted by atomic mass is 10.1. The molecule has 21 heavy (non-hydrogen) atoms.